The topological polar surface area (TPSA) is 63.5 Å². The van der Waals surface area contributed by atoms with E-state index in [2.05, 4.69) is 11.8 Å². The lowest BCUT2D eigenvalue weighted by Crippen LogP contribution is -2.38. The molecule has 0 amide bonds. The van der Waals surface area contributed by atoms with Crippen LogP contribution in [0.1, 0.15) is 43.0 Å². The smallest absolute Gasteiger partial charge is 0.270 e. The Balaban J connectivity index is 1.97. The molecule has 0 unspecified atom stereocenters. The Morgan fingerprint density at radius 1 is 1.33 bits per heavy atom. The minimum Gasteiger partial charge on any atom is -0.296 e. The van der Waals surface area contributed by atoms with Gasteiger partial charge in [-0.3, -0.25) is 19.8 Å². The molecule has 2 rings (SSSR count). The fourth-order valence-corrected chi connectivity index (χ4v) is 2.92. The van der Waals surface area contributed by atoms with Crippen LogP contribution in [0.25, 0.3) is 0 Å². The summed E-state index contributed by atoms with van der Waals surface area (Å²) in [5.41, 5.74) is 0.384. The van der Waals surface area contributed by atoms with Crippen LogP contribution in [0, 0.1) is 16.0 Å². The second-order valence-electron chi connectivity index (χ2n) is 6.06. The third-order valence-corrected chi connectivity index (χ3v) is 4.38. The zero-order valence-electron chi connectivity index (χ0n) is 12.6. The van der Waals surface area contributed by atoms with Gasteiger partial charge in [0.05, 0.1) is 11.5 Å². The maximum Gasteiger partial charge on any atom is 0.270 e. The van der Waals surface area contributed by atoms with Crippen molar-refractivity contribution in [3.63, 3.8) is 0 Å². The van der Waals surface area contributed by atoms with E-state index in [4.69, 9.17) is 0 Å². The number of ketones is 1. The average molecular weight is 290 g/mol. The van der Waals surface area contributed by atoms with Crippen LogP contribution in [0.3, 0.4) is 0 Å². The number of non-ortho nitro benzene ring substituents is 1. The molecule has 0 saturated heterocycles. The summed E-state index contributed by atoms with van der Waals surface area (Å²) in [6.07, 6.45) is 4.67. The van der Waals surface area contributed by atoms with Gasteiger partial charge in [0.25, 0.3) is 5.69 Å². The van der Waals surface area contributed by atoms with Crippen LogP contribution in [-0.2, 0) is 0 Å². The number of rotatable bonds is 5. The number of Topliss-reactive ketones (excluding diaryl/α,β-unsaturated/α-hetero) is 1. The second-order valence-corrected chi connectivity index (χ2v) is 6.06. The van der Waals surface area contributed by atoms with Gasteiger partial charge < -0.3 is 0 Å². The van der Waals surface area contributed by atoms with Crippen molar-refractivity contribution in [2.45, 2.75) is 38.6 Å². The first-order valence-electron chi connectivity index (χ1n) is 7.45. The highest BCUT2D eigenvalue weighted by Crippen LogP contribution is 2.26. The van der Waals surface area contributed by atoms with Crippen LogP contribution < -0.4 is 0 Å². The molecule has 0 aliphatic heterocycles. The Kier molecular flexibility index (Phi) is 5.07. The molecule has 1 aromatic rings. The molecule has 0 N–H and O–H groups in total. The van der Waals surface area contributed by atoms with Crippen molar-refractivity contribution in [2.75, 3.05) is 13.6 Å². The van der Waals surface area contributed by atoms with Crippen LogP contribution in [0.4, 0.5) is 5.69 Å². The number of carbonyl (C=O) groups is 1. The molecule has 114 valence electrons. The van der Waals surface area contributed by atoms with Crippen LogP contribution in [0.15, 0.2) is 24.3 Å². The third-order valence-electron chi connectivity index (χ3n) is 4.38. The van der Waals surface area contributed by atoms with E-state index in [1.54, 1.807) is 12.1 Å². The molecule has 1 fully saturated rings. The number of nitrogens with zero attached hydrogens (tertiary/aromatic N) is 2. The van der Waals surface area contributed by atoms with Gasteiger partial charge in [0, 0.05) is 23.7 Å². The lowest BCUT2D eigenvalue weighted by atomic mass is 9.86. The van der Waals surface area contributed by atoms with E-state index in [1.807, 2.05) is 7.05 Å². The minimum absolute atomic E-state index is 0.0324. The maximum absolute atomic E-state index is 12.3. The van der Waals surface area contributed by atoms with E-state index < -0.39 is 4.92 Å². The Bertz CT molecular complexity index is 522. The van der Waals surface area contributed by atoms with Gasteiger partial charge >= 0.3 is 0 Å². The normalized spacial score (nSPS) is 22.2. The molecule has 1 aliphatic carbocycles. The molecule has 0 spiro atoms. The van der Waals surface area contributed by atoms with Crippen molar-refractivity contribution in [3.05, 3.63) is 39.9 Å². The van der Waals surface area contributed by atoms with Crippen molar-refractivity contribution in [3.8, 4) is 0 Å². The summed E-state index contributed by atoms with van der Waals surface area (Å²) in [7, 11) is 1.97. The Morgan fingerprint density at radius 2 is 2.00 bits per heavy atom. The van der Waals surface area contributed by atoms with E-state index >= 15 is 0 Å². The second kappa shape index (κ2) is 6.80. The van der Waals surface area contributed by atoms with Gasteiger partial charge in [0.15, 0.2) is 5.78 Å². The third kappa shape index (κ3) is 4.11. The Hall–Kier alpha value is -1.75. The SMILES string of the molecule is CC1CCC(N(C)CC(=O)c2cccc([N+](=O)[O-])c2)CC1. The molecule has 5 heteroatoms. The number of hydrogen-bond donors (Lipinski definition) is 0. The number of nitro benzene ring substituents is 1. The van der Waals surface area contributed by atoms with Gasteiger partial charge in [0.1, 0.15) is 0 Å². The quantitative estimate of drug-likeness (QED) is 0.474. The molecule has 0 atom stereocenters. The minimum atomic E-state index is -0.469. The van der Waals surface area contributed by atoms with Crippen LogP contribution in [0.2, 0.25) is 0 Å². The number of carbonyl (C=O) groups excluding carboxylic acids is 1. The fraction of sp³-hybridized carbons (Fsp3) is 0.562. The zero-order chi connectivity index (χ0) is 15.4. The molecule has 5 nitrogen and oxygen atoms in total. The Morgan fingerprint density at radius 3 is 2.62 bits per heavy atom. The summed E-state index contributed by atoms with van der Waals surface area (Å²) in [5.74, 6) is 0.724. The first-order valence-corrected chi connectivity index (χ1v) is 7.45. The lowest BCUT2D eigenvalue weighted by Gasteiger charge is -2.33. The van der Waals surface area contributed by atoms with E-state index in [9.17, 15) is 14.9 Å². The first-order chi connectivity index (χ1) is 9.97. The van der Waals surface area contributed by atoms with Gasteiger partial charge in [-0.2, -0.15) is 0 Å². The highest BCUT2D eigenvalue weighted by molar-refractivity contribution is 5.98. The van der Waals surface area contributed by atoms with Crippen molar-refractivity contribution < 1.29 is 9.72 Å². The largest absolute Gasteiger partial charge is 0.296 e. The molecule has 0 radical (unpaired) electrons. The van der Waals surface area contributed by atoms with Crippen molar-refractivity contribution in [1.29, 1.82) is 0 Å². The van der Waals surface area contributed by atoms with Gasteiger partial charge in [-0.25, -0.2) is 0 Å². The summed E-state index contributed by atoms with van der Waals surface area (Å²) in [4.78, 5) is 24.7. The number of hydrogen-bond acceptors (Lipinski definition) is 4. The molecule has 1 aromatic carbocycles. The van der Waals surface area contributed by atoms with E-state index in [-0.39, 0.29) is 11.5 Å². The van der Waals surface area contributed by atoms with E-state index in [0.29, 0.717) is 18.2 Å². The lowest BCUT2D eigenvalue weighted by molar-refractivity contribution is -0.384. The summed E-state index contributed by atoms with van der Waals surface area (Å²) in [5, 5.41) is 10.8. The fourth-order valence-electron chi connectivity index (χ4n) is 2.92. The predicted molar refractivity (Wildman–Crippen MR) is 81.5 cm³/mol. The van der Waals surface area contributed by atoms with Crippen molar-refractivity contribution in [1.82, 2.24) is 4.90 Å². The standard InChI is InChI=1S/C16H22N2O3/c1-12-6-8-14(9-7-12)17(2)11-16(19)13-4-3-5-15(10-13)18(20)21/h3-5,10,12,14H,6-9,11H2,1-2H3. The molecule has 21 heavy (non-hydrogen) atoms. The predicted octanol–water partition coefficient (Wildman–Crippen LogP) is 3.29. The highest BCUT2D eigenvalue weighted by atomic mass is 16.6. The van der Waals surface area contributed by atoms with Crippen molar-refractivity contribution in [2.24, 2.45) is 5.92 Å². The number of likely N-dealkylation sites (N-methyl/N-ethyl adjacent to an activating group) is 1. The molecular weight excluding hydrogens is 268 g/mol. The number of benzene rings is 1. The molecule has 1 aliphatic rings. The van der Waals surface area contributed by atoms with Crippen LogP contribution in [-0.4, -0.2) is 35.2 Å². The summed E-state index contributed by atoms with van der Waals surface area (Å²) in [6, 6.07) is 6.42. The van der Waals surface area contributed by atoms with E-state index in [1.165, 1.54) is 25.0 Å². The van der Waals surface area contributed by atoms with Crippen LogP contribution in [0.5, 0.6) is 0 Å². The molecule has 1 saturated carbocycles. The Labute approximate surface area is 125 Å². The first kappa shape index (κ1) is 15.6. The molecule has 0 heterocycles. The molecule has 0 bridgehead atoms. The van der Waals surface area contributed by atoms with E-state index in [0.717, 1.165) is 18.8 Å². The zero-order valence-corrected chi connectivity index (χ0v) is 12.6. The summed E-state index contributed by atoms with van der Waals surface area (Å²) < 4.78 is 0. The van der Waals surface area contributed by atoms with Gasteiger partial charge in [0.2, 0.25) is 0 Å². The monoisotopic (exact) mass is 290 g/mol. The molecular formula is C16H22N2O3. The summed E-state index contributed by atoms with van der Waals surface area (Å²) >= 11 is 0. The molecule has 0 aromatic heterocycles. The number of nitro groups is 1. The van der Waals surface area contributed by atoms with Gasteiger partial charge in [-0.1, -0.05) is 19.1 Å². The van der Waals surface area contributed by atoms with Crippen LogP contribution >= 0.6 is 0 Å². The maximum atomic E-state index is 12.3. The van der Waals surface area contributed by atoms with Gasteiger partial charge in [-0.15, -0.1) is 0 Å². The highest BCUT2D eigenvalue weighted by Gasteiger charge is 2.23. The summed E-state index contributed by atoms with van der Waals surface area (Å²) in [6.45, 7) is 2.59. The van der Waals surface area contributed by atoms with Gasteiger partial charge in [-0.05, 0) is 38.6 Å². The average Bonchev–Trinajstić information content (AvgIpc) is 2.48. The van der Waals surface area contributed by atoms with Crippen molar-refractivity contribution >= 4 is 11.5 Å².